The monoisotopic (exact) mass is 343 g/mol. The van der Waals surface area contributed by atoms with Crippen molar-refractivity contribution in [3.05, 3.63) is 70.9 Å². The maximum absolute atomic E-state index is 14.2. The average molecular weight is 343 g/mol. The summed E-state index contributed by atoms with van der Waals surface area (Å²) in [4.78, 5) is 0. The zero-order valence-electron chi connectivity index (χ0n) is 12.1. The van der Waals surface area contributed by atoms with Crippen molar-refractivity contribution in [1.29, 1.82) is 0 Å². The van der Waals surface area contributed by atoms with E-state index < -0.39 is 0 Å². The number of thioether (sulfide) groups is 1. The minimum atomic E-state index is -0.271. The van der Waals surface area contributed by atoms with E-state index in [0.29, 0.717) is 15.4 Å². The zero-order valence-corrected chi connectivity index (χ0v) is 13.8. The average Bonchev–Trinajstić information content (AvgIpc) is 3.05. The van der Waals surface area contributed by atoms with Gasteiger partial charge in [-0.3, -0.25) is 0 Å². The third-order valence-corrected chi connectivity index (χ3v) is 4.95. The van der Waals surface area contributed by atoms with Gasteiger partial charge in [-0.1, -0.05) is 48.2 Å². The van der Waals surface area contributed by atoms with E-state index in [0.717, 1.165) is 16.7 Å². The van der Waals surface area contributed by atoms with Gasteiger partial charge in [0, 0.05) is 11.3 Å². The number of rotatable bonds is 4. The van der Waals surface area contributed by atoms with Crippen LogP contribution >= 0.6 is 23.1 Å². The van der Waals surface area contributed by atoms with Gasteiger partial charge < -0.3 is 5.73 Å². The van der Waals surface area contributed by atoms with Crippen LogP contribution in [0.25, 0.3) is 10.1 Å². The predicted molar refractivity (Wildman–Crippen MR) is 98.7 cm³/mol. The van der Waals surface area contributed by atoms with Gasteiger partial charge in [0.25, 0.3) is 0 Å². The van der Waals surface area contributed by atoms with Gasteiger partial charge in [-0.15, -0.1) is 16.4 Å². The van der Waals surface area contributed by atoms with E-state index in [1.54, 1.807) is 6.07 Å². The van der Waals surface area contributed by atoms with Gasteiger partial charge in [0.1, 0.15) is 5.82 Å². The van der Waals surface area contributed by atoms with Crippen LogP contribution in [0, 0.1) is 5.82 Å². The Labute approximate surface area is 141 Å². The van der Waals surface area contributed by atoms with Crippen molar-refractivity contribution in [2.45, 2.75) is 5.75 Å². The minimum absolute atomic E-state index is 0.271. The fourth-order valence-electron chi connectivity index (χ4n) is 2.02. The second kappa shape index (κ2) is 7.39. The van der Waals surface area contributed by atoms with Gasteiger partial charge in [-0.05, 0) is 28.5 Å². The number of hydrogen-bond acceptors (Lipinski definition) is 4. The summed E-state index contributed by atoms with van der Waals surface area (Å²) in [6.45, 7) is 0. The number of hydrogen-bond donors (Lipinski definition) is 1. The lowest BCUT2D eigenvalue weighted by atomic mass is 10.2. The maximum Gasteiger partial charge on any atom is 0.180 e. The van der Waals surface area contributed by atoms with Gasteiger partial charge in [0.15, 0.2) is 5.17 Å². The Morgan fingerprint density at radius 1 is 1.17 bits per heavy atom. The normalized spacial score (nSPS) is 12.3. The summed E-state index contributed by atoms with van der Waals surface area (Å²) in [5.74, 6) is 0.452. The van der Waals surface area contributed by atoms with Crippen LogP contribution in [0.5, 0.6) is 0 Å². The number of fused-ring (bicyclic) bond motifs is 1. The van der Waals surface area contributed by atoms with Gasteiger partial charge in [0.2, 0.25) is 0 Å². The third-order valence-electron chi connectivity index (χ3n) is 3.17. The Kier molecular flexibility index (Phi) is 5.05. The Hall–Kier alpha value is -2.18. The van der Waals surface area contributed by atoms with Crippen LogP contribution in [0.3, 0.4) is 0 Å². The Balaban J connectivity index is 1.65. The number of nitrogens with two attached hydrogens (primary N) is 1. The summed E-state index contributed by atoms with van der Waals surface area (Å²) in [6, 6.07) is 15.4. The molecular formula is C17H14FN3S2. The van der Waals surface area contributed by atoms with E-state index in [9.17, 15) is 4.39 Å². The van der Waals surface area contributed by atoms with Crippen LogP contribution in [0.15, 0.2) is 64.1 Å². The lowest BCUT2D eigenvalue weighted by Gasteiger charge is -1.99. The molecule has 2 N–H and O–H groups in total. The lowest BCUT2D eigenvalue weighted by molar-refractivity contribution is 0.640. The molecule has 116 valence electrons. The molecule has 0 aliphatic carbocycles. The Morgan fingerprint density at radius 2 is 2.00 bits per heavy atom. The van der Waals surface area contributed by atoms with Gasteiger partial charge in [0.05, 0.1) is 10.9 Å². The van der Waals surface area contributed by atoms with E-state index in [1.807, 2.05) is 47.8 Å². The molecular weight excluding hydrogens is 329 g/mol. The van der Waals surface area contributed by atoms with Crippen molar-refractivity contribution >= 4 is 44.6 Å². The maximum atomic E-state index is 14.2. The van der Waals surface area contributed by atoms with E-state index in [2.05, 4.69) is 10.2 Å². The molecule has 0 atom stereocenters. The predicted octanol–water partition coefficient (Wildman–Crippen LogP) is 4.62. The first-order valence-corrected chi connectivity index (χ1v) is 8.79. The van der Waals surface area contributed by atoms with E-state index in [1.165, 1.54) is 29.3 Å². The molecule has 2 aromatic carbocycles. The summed E-state index contributed by atoms with van der Waals surface area (Å²) >= 11 is 2.77. The smallest absolute Gasteiger partial charge is 0.180 e. The van der Waals surface area contributed by atoms with Crippen LogP contribution < -0.4 is 5.73 Å². The first-order valence-electron chi connectivity index (χ1n) is 6.93. The highest BCUT2D eigenvalue weighted by Gasteiger charge is 2.06. The van der Waals surface area contributed by atoms with E-state index in [-0.39, 0.29) is 5.82 Å². The minimum Gasteiger partial charge on any atom is -0.377 e. The molecule has 3 nitrogen and oxygen atoms in total. The Bertz CT molecular complexity index is 857. The summed E-state index contributed by atoms with van der Waals surface area (Å²) in [7, 11) is 0. The summed E-state index contributed by atoms with van der Waals surface area (Å²) in [5.41, 5.74) is 7.37. The second-order valence-electron chi connectivity index (χ2n) is 4.76. The van der Waals surface area contributed by atoms with Crippen molar-refractivity contribution < 1.29 is 4.39 Å². The molecule has 0 amide bonds. The Morgan fingerprint density at radius 3 is 2.83 bits per heavy atom. The molecule has 0 bridgehead atoms. The van der Waals surface area contributed by atoms with Crippen LogP contribution in [0.2, 0.25) is 0 Å². The van der Waals surface area contributed by atoms with Crippen LogP contribution in [0.4, 0.5) is 4.39 Å². The number of benzene rings is 2. The van der Waals surface area contributed by atoms with Crippen LogP contribution in [-0.4, -0.2) is 11.4 Å². The first-order chi connectivity index (χ1) is 11.2. The third kappa shape index (κ3) is 3.97. The van der Waals surface area contributed by atoms with Crippen molar-refractivity contribution in [2.24, 2.45) is 15.9 Å². The van der Waals surface area contributed by atoms with Gasteiger partial charge in [-0.2, -0.15) is 5.10 Å². The number of halogens is 1. The number of thiophene rings is 1. The molecule has 1 aromatic heterocycles. The molecule has 1 heterocycles. The summed E-state index contributed by atoms with van der Waals surface area (Å²) in [6.07, 6.45) is 1.39. The van der Waals surface area contributed by atoms with Crippen LogP contribution in [0.1, 0.15) is 11.1 Å². The molecule has 0 radical (unpaired) electrons. The molecule has 0 unspecified atom stereocenters. The van der Waals surface area contributed by atoms with Crippen molar-refractivity contribution in [1.82, 2.24) is 0 Å². The van der Waals surface area contributed by atoms with Gasteiger partial charge in [-0.25, -0.2) is 4.39 Å². The molecule has 3 rings (SSSR count). The quantitative estimate of drug-likeness (QED) is 0.427. The molecule has 0 saturated carbocycles. The lowest BCUT2D eigenvalue weighted by Crippen LogP contribution is -2.06. The molecule has 0 fully saturated rings. The van der Waals surface area contributed by atoms with Crippen LogP contribution in [-0.2, 0) is 5.75 Å². The fourth-order valence-corrected chi connectivity index (χ4v) is 3.48. The number of nitrogens with zero attached hydrogens (tertiary/aromatic N) is 2. The first kappa shape index (κ1) is 15.7. The molecule has 23 heavy (non-hydrogen) atoms. The topological polar surface area (TPSA) is 50.7 Å². The SMILES string of the molecule is NC(=NN=Cc1ccc2ccsc2c1F)SCc1ccccc1. The molecule has 0 aliphatic rings. The zero-order chi connectivity index (χ0) is 16.1. The number of amidine groups is 1. The highest BCUT2D eigenvalue weighted by atomic mass is 32.2. The summed E-state index contributed by atoms with van der Waals surface area (Å²) < 4.78 is 14.9. The largest absolute Gasteiger partial charge is 0.377 e. The molecule has 6 heteroatoms. The van der Waals surface area contributed by atoms with Gasteiger partial charge >= 0.3 is 0 Å². The van der Waals surface area contributed by atoms with E-state index >= 15 is 0 Å². The highest BCUT2D eigenvalue weighted by Crippen LogP contribution is 2.25. The fraction of sp³-hybridized carbons (Fsp3) is 0.0588. The van der Waals surface area contributed by atoms with Crippen molar-refractivity contribution in [3.63, 3.8) is 0 Å². The standard InChI is InChI=1S/C17H14FN3S2/c18-15-14(7-6-13-8-9-22-16(13)15)10-20-21-17(19)23-11-12-4-2-1-3-5-12/h1-10H,11H2,(H2,19,21). The van der Waals surface area contributed by atoms with Crippen molar-refractivity contribution in [2.75, 3.05) is 0 Å². The van der Waals surface area contributed by atoms with E-state index in [4.69, 9.17) is 5.73 Å². The highest BCUT2D eigenvalue weighted by molar-refractivity contribution is 8.13. The molecule has 3 aromatic rings. The summed E-state index contributed by atoms with van der Waals surface area (Å²) in [5, 5.41) is 10.9. The molecule has 0 spiro atoms. The molecule has 0 saturated heterocycles. The second-order valence-corrected chi connectivity index (χ2v) is 6.68. The van der Waals surface area contributed by atoms with Crippen molar-refractivity contribution in [3.8, 4) is 0 Å². The molecule has 0 aliphatic heterocycles.